The number of amides is 2. The number of fused-ring (bicyclic) bond motifs is 1. The molecule has 0 spiro atoms. The van der Waals surface area contributed by atoms with Crippen molar-refractivity contribution in [3.05, 3.63) is 59.2 Å². The molecule has 0 unspecified atom stereocenters. The average molecular weight is 538 g/mol. The van der Waals surface area contributed by atoms with Crippen LogP contribution in [0.5, 0.6) is 11.5 Å². The van der Waals surface area contributed by atoms with Gasteiger partial charge in [0.25, 0.3) is 5.91 Å². The molecule has 0 radical (unpaired) electrons. The second-order valence-corrected chi connectivity index (χ2v) is 9.99. The number of nitrogens with two attached hydrogens (primary N) is 3. The number of nitrogens with one attached hydrogen (secondary N) is 3. The van der Waals surface area contributed by atoms with Crippen molar-refractivity contribution in [1.29, 1.82) is 5.41 Å². The van der Waals surface area contributed by atoms with Gasteiger partial charge >= 0.3 is 0 Å². The molecule has 0 fully saturated rings. The summed E-state index contributed by atoms with van der Waals surface area (Å²) in [6, 6.07) is 9.38. The monoisotopic (exact) mass is 537 g/mol. The Bertz CT molecular complexity index is 1760. The highest BCUT2D eigenvalue weighted by Crippen LogP contribution is 2.45. The molecule has 196 valence electrons. The van der Waals surface area contributed by atoms with E-state index in [0.29, 0.717) is 16.6 Å². The molecule has 4 aromatic rings. The Morgan fingerprint density at radius 2 is 1.79 bits per heavy atom. The SMILES string of the molecule is Cc1c(C(=O)NCC(N)=O)cc(-c2nc3ccc(C(=N)N)cc3[nH]2)c(O)c1-c1cc(S(N)(=O)=O)ccc1O. The molecule has 11 N–H and O–H groups in total. The van der Waals surface area contributed by atoms with Gasteiger partial charge in [0.1, 0.15) is 23.2 Å². The normalized spacial score (nSPS) is 11.4. The summed E-state index contributed by atoms with van der Waals surface area (Å²) >= 11 is 0. The molecule has 1 heterocycles. The number of sulfonamides is 1. The maximum Gasteiger partial charge on any atom is 0.252 e. The average Bonchev–Trinajstić information content (AvgIpc) is 3.26. The third-order valence-electron chi connectivity index (χ3n) is 5.84. The Morgan fingerprint density at radius 1 is 1.08 bits per heavy atom. The van der Waals surface area contributed by atoms with Crippen LogP contribution in [0.25, 0.3) is 33.5 Å². The lowest BCUT2D eigenvalue weighted by Gasteiger charge is -2.18. The minimum absolute atomic E-state index is 0.0145. The molecule has 4 rings (SSSR count). The largest absolute Gasteiger partial charge is 0.507 e. The number of primary amides is 1. The molecule has 0 saturated carbocycles. The molecular formula is C24H23N7O6S. The van der Waals surface area contributed by atoms with Gasteiger partial charge in [0.2, 0.25) is 15.9 Å². The number of carbonyl (C=O) groups is 2. The van der Waals surface area contributed by atoms with Crippen molar-refractivity contribution in [3.8, 4) is 34.0 Å². The maximum absolute atomic E-state index is 13.0. The van der Waals surface area contributed by atoms with Gasteiger partial charge in [0, 0.05) is 22.3 Å². The number of rotatable bonds is 7. The van der Waals surface area contributed by atoms with Crippen LogP contribution >= 0.6 is 0 Å². The first kappa shape index (κ1) is 26.1. The van der Waals surface area contributed by atoms with Crippen molar-refractivity contribution in [2.24, 2.45) is 16.6 Å². The summed E-state index contributed by atoms with van der Waals surface area (Å²) in [5.74, 6) is -2.38. The Balaban J connectivity index is 2.02. The number of primary sulfonamides is 1. The number of aromatic hydroxyl groups is 2. The molecule has 0 aliphatic rings. The zero-order valence-corrected chi connectivity index (χ0v) is 20.7. The quantitative estimate of drug-likeness (QED) is 0.123. The number of phenols is 2. The van der Waals surface area contributed by atoms with Gasteiger partial charge in [0.15, 0.2) is 0 Å². The number of hydrogen-bond donors (Lipinski definition) is 8. The van der Waals surface area contributed by atoms with Crippen molar-refractivity contribution >= 4 is 38.7 Å². The van der Waals surface area contributed by atoms with Crippen LogP contribution in [0.15, 0.2) is 47.4 Å². The number of hydrogen-bond acceptors (Lipinski definition) is 8. The number of nitrogens with zero attached hydrogens (tertiary/aromatic N) is 1. The highest BCUT2D eigenvalue weighted by atomic mass is 32.2. The maximum atomic E-state index is 13.0. The number of imidazole rings is 1. The van der Waals surface area contributed by atoms with E-state index >= 15 is 0 Å². The zero-order valence-electron chi connectivity index (χ0n) is 19.9. The third-order valence-corrected chi connectivity index (χ3v) is 6.75. The topological polar surface area (TPSA) is 251 Å². The molecule has 3 aromatic carbocycles. The molecule has 0 saturated heterocycles. The number of amidine groups is 1. The van der Waals surface area contributed by atoms with Gasteiger partial charge in [-0.15, -0.1) is 0 Å². The second kappa shape index (κ2) is 9.49. The summed E-state index contributed by atoms with van der Waals surface area (Å²) in [6.45, 7) is 1.01. The van der Waals surface area contributed by atoms with Crippen molar-refractivity contribution in [2.75, 3.05) is 6.54 Å². The smallest absolute Gasteiger partial charge is 0.252 e. The van der Waals surface area contributed by atoms with Crippen LogP contribution < -0.4 is 21.9 Å². The summed E-state index contributed by atoms with van der Waals surface area (Å²) in [7, 11) is -4.18. The van der Waals surface area contributed by atoms with E-state index in [4.69, 9.17) is 22.0 Å². The molecule has 0 bridgehead atoms. The number of H-pyrrole nitrogens is 1. The lowest BCUT2D eigenvalue weighted by Crippen LogP contribution is -2.33. The van der Waals surface area contributed by atoms with Gasteiger partial charge in [-0.2, -0.15) is 0 Å². The molecule has 0 aliphatic carbocycles. The highest BCUT2D eigenvalue weighted by Gasteiger charge is 2.25. The molecule has 0 aliphatic heterocycles. The van der Waals surface area contributed by atoms with E-state index in [2.05, 4.69) is 15.3 Å². The van der Waals surface area contributed by atoms with Gasteiger partial charge in [-0.1, -0.05) is 0 Å². The first-order valence-electron chi connectivity index (χ1n) is 10.9. The zero-order chi connectivity index (χ0) is 27.9. The molecule has 14 heteroatoms. The van der Waals surface area contributed by atoms with Crippen LogP contribution in [-0.4, -0.2) is 52.8 Å². The third kappa shape index (κ3) is 4.85. The number of benzene rings is 3. The van der Waals surface area contributed by atoms with E-state index in [0.717, 1.165) is 18.2 Å². The van der Waals surface area contributed by atoms with E-state index in [-0.39, 0.29) is 44.4 Å². The highest BCUT2D eigenvalue weighted by molar-refractivity contribution is 7.89. The Kier molecular flexibility index (Phi) is 6.53. The Hall–Kier alpha value is -4.95. The fraction of sp³-hybridized carbons (Fsp3) is 0.0833. The standard InChI is InChI=1S/C24H23N7O6S/c1-10-13(24(35)29-9-19(25)33)8-15(23-30-16-4-2-11(22(26)27)6-17(16)31-23)21(34)20(10)14-7-12(38(28,36)37)3-5-18(14)32/h2-8,32,34H,9H2,1H3,(H2,25,33)(H3,26,27)(H,29,35)(H,30,31)(H2,28,36,37). The van der Waals surface area contributed by atoms with E-state index in [1.165, 1.54) is 13.0 Å². The molecule has 38 heavy (non-hydrogen) atoms. The van der Waals surface area contributed by atoms with E-state index in [9.17, 15) is 28.2 Å². The fourth-order valence-electron chi connectivity index (χ4n) is 3.97. The first-order chi connectivity index (χ1) is 17.8. The molecular weight excluding hydrogens is 514 g/mol. The van der Waals surface area contributed by atoms with E-state index < -0.39 is 39.9 Å². The van der Waals surface area contributed by atoms with E-state index in [1.54, 1.807) is 18.2 Å². The van der Waals surface area contributed by atoms with Crippen LogP contribution in [-0.2, 0) is 14.8 Å². The van der Waals surface area contributed by atoms with Crippen LogP contribution in [0.2, 0.25) is 0 Å². The number of phenolic OH excluding ortho intramolecular Hbond substituents is 2. The van der Waals surface area contributed by atoms with Gasteiger partial charge < -0.3 is 32.0 Å². The van der Waals surface area contributed by atoms with Crippen molar-refractivity contribution in [2.45, 2.75) is 11.8 Å². The van der Waals surface area contributed by atoms with E-state index in [1.807, 2.05) is 0 Å². The van der Waals surface area contributed by atoms with Crippen molar-refractivity contribution in [3.63, 3.8) is 0 Å². The van der Waals surface area contributed by atoms with Crippen molar-refractivity contribution in [1.82, 2.24) is 15.3 Å². The minimum Gasteiger partial charge on any atom is -0.507 e. The summed E-state index contributed by atoms with van der Waals surface area (Å²) in [5.41, 5.74) is 12.1. The Morgan fingerprint density at radius 3 is 2.42 bits per heavy atom. The molecule has 2 amide bonds. The summed E-state index contributed by atoms with van der Waals surface area (Å²) in [5, 5.41) is 37.2. The molecule has 1 aromatic heterocycles. The summed E-state index contributed by atoms with van der Waals surface area (Å²) in [6.07, 6.45) is 0. The van der Waals surface area contributed by atoms with Crippen LogP contribution in [0.4, 0.5) is 0 Å². The molecule has 0 atom stereocenters. The summed E-state index contributed by atoms with van der Waals surface area (Å²) < 4.78 is 23.9. The lowest BCUT2D eigenvalue weighted by molar-refractivity contribution is -0.117. The number of nitrogen functional groups attached to an aromatic ring is 1. The van der Waals surface area contributed by atoms with Gasteiger partial charge in [-0.3, -0.25) is 15.0 Å². The van der Waals surface area contributed by atoms with Gasteiger partial charge in [-0.05, 0) is 55.0 Å². The molecule has 13 nitrogen and oxygen atoms in total. The predicted octanol–water partition coefficient (Wildman–Crippen LogP) is 0.763. The van der Waals surface area contributed by atoms with Crippen LogP contribution in [0.1, 0.15) is 21.5 Å². The second-order valence-electron chi connectivity index (χ2n) is 8.42. The van der Waals surface area contributed by atoms with Crippen LogP contribution in [0, 0.1) is 12.3 Å². The van der Waals surface area contributed by atoms with Crippen molar-refractivity contribution < 1.29 is 28.2 Å². The number of aromatic nitrogens is 2. The lowest BCUT2D eigenvalue weighted by atomic mass is 9.91. The van der Waals surface area contributed by atoms with Gasteiger partial charge in [-0.25, -0.2) is 18.5 Å². The van der Waals surface area contributed by atoms with Gasteiger partial charge in [0.05, 0.1) is 28.0 Å². The number of aromatic amines is 1. The minimum atomic E-state index is -4.18. The predicted molar refractivity (Wildman–Crippen MR) is 139 cm³/mol. The Labute approximate surface area is 215 Å². The van der Waals surface area contributed by atoms with Crippen LogP contribution in [0.3, 0.4) is 0 Å². The fourth-order valence-corrected chi connectivity index (χ4v) is 4.51. The number of carbonyl (C=O) groups excluding carboxylic acids is 2. The first-order valence-corrected chi connectivity index (χ1v) is 12.5. The summed E-state index contributed by atoms with van der Waals surface area (Å²) in [4.78, 5) is 31.4.